The summed E-state index contributed by atoms with van der Waals surface area (Å²) in [5, 5.41) is 9.78. The van der Waals surface area contributed by atoms with Crippen LogP contribution in [0.2, 0.25) is 0 Å². The maximum absolute atomic E-state index is 9.78. The number of benzene rings is 1. The largest absolute Gasteiger partial charge is 0.504 e. The summed E-state index contributed by atoms with van der Waals surface area (Å²) in [5.74, 6) is 0.718. The van der Waals surface area contributed by atoms with Crippen LogP contribution >= 0.6 is 0 Å². The molecule has 0 radical (unpaired) electrons. The predicted octanol–water partition coefficient (Wildman–Crippen LogP) is 3.24. The fourth-order valence-corrected chi connectivity index (χ4v) is 1.59. The lowest BCUT2D eigenvalue weighted by Crippen LogP contribution is -2.32. The first-order chi connectivity index (χ1) is 8.07. The summed E-state index contributed by atoms with van der Waals surface area (Å²) in [5.41, 5.74) is 6.61. The minimum Gasteiger partial charge on any atom is -0.504 e. The molecule has 3 heteroatoms. The highest BCUT2D eigenvalue weighted by atomic mass is 16.5. The van der Waals surface area contributed by atoms with E-state index in [0.717, 1.165) is 18.4 Å². The lowest BCUT2D eigenvalue weighted by Gasteiger charge is -2.23. The monoisotopic (exact) mass is 251 g/mol. The summed E-state index contributed by atoms with van der Waals surface area (Å²) >= 11 is 0. The Morgan fingerprint density at radius 3 is 2.28 bits per heavy atom. The molecule has 3 nitrogen and oxygen atoms in total. The molecular formula is C15H25NO2. The molecule has 1 aromatic rings. The van der Waals surface area contributed by atoms with Crippen molar-refractivity contribution < 1.29 is 9.84 Å². The average Bonchev–Trinajstić information content (AvgIpc) is 2.16. The van der Waals surface area contributed by atoms with E-state index < -0.39 is 0 Å². The molecule has 0 aromatic heterocycles. The molecule has 0 spiro atoms. The van der Waals surface area contributed by atoms with E-state index in [1.54, 1.807) is 6.07 Å². The van der Waals surface area contributed by atoms with Gasteiger partial charge in [-0.3, -0.25) is 0 Å². The zero-order chi connectivity index (χ0) is 14.0. The van der Waals surface area contributed by atoms with Gasteiger partial charge in [0, 0.05) is 5.54 Å². The number of nitrogens with two attached hydrogens (primary N) is 1. The van der Waals surface area contributed by atoms with Crippen molar-refractivity contribution in [3.63, 3.8) is 0 Å². The van der Waals surface area contributed by atoms with Crippen molar-refractivity contribution in [1.82, 2.24) is 0 Å². The van der Waals surface area contributed by atoms with Crippen molar-refractivity contribution in [2.75, 3.05) is 0 Å². The van der Waals surface area contributed by atoms with Crippen molar-refractivity contribution in [3.8, 4) is 11.5 Å². The molecule has 0 aliphatic rings. The second-order valence-electron chi connectivity index (χ2n) is 6.51. The van der Waals surface area contributed by atoms with Gasteiger partial charge in [0.15, 0.2) is 11.5 Å². The van der Waals surface area contributed by atoms with Crippen molar-refractivity contribution in [2.45, 2.75) is 58.6 Å². The Hall–Kier alpha value is -1.22. The topological polar surface area (TPSA) is 55.5 Å². The molecule has 0 aliphatic carbocycles. The molecule has 0 atom stereocenters. The quantitative estimate of drug-likeness (QED) is 0.863. The van der Waals surface area contributed by atoms with Crippen LogP contribution in [0.4, 0.5) is 0 Å². The molecule has 0 heterocycles. The molecule has 1 rings (SSSR count). The Morgan fingerprint density at radius 2 is 1.78 bits per heavy atom. The number of phenolic OH excluding ortho intramolecular Hbond substituents is 1. The van der Waals surface area contributed by atoms with Crippen molar-refractivity contribution >= 4 is 0 Å². The van der Waals surface area contributed by atoms with Crippen LogP contribution in [0.3, 0.4) is 0 Å². The Labute approximate surface area is 110 Å². The van der Waals surface area contributed by atoms with E-state index in [-0.39, 0.29) is 16.9 Å². The highest BCUT2D eigenvalue weighted by Gasteiger charge is 2.16. The van der Waals surface area contributed by atoms with Gasteiger partial charge in [0.1, 0.15) is 5.60 Å². The van der Waals surface area contributed by atoms with Gasteiger partial charge in [-0.2, -0.15) is 0 Å². The average molecular weight is 251 g/mol. The molecule has 0 saturated heterocycles. The summed E-state index contributed by atoms with van der Waals surface area (Å²) in [6.45, 7) is 9.91. The summed E-state index contributed by atoms with van der Waals surface area (Å²) < 4.78 is 5.72. The van der Waals surface area contributed by atoms with Gasteiger partial charge < -0.3 is 15.6 Å². The van der Waals surface area contributed by atoms with Crippen molar-refractivity contribution in [2.24, 2.45) is 5.73 Å². The van der Waals surface area contributed by atoms with Gasteiger partial charge in [-0.05, 0) is 65.2 Å². The minimum absolute atomic E-state index is 0.178. The number of aromatic hydroxyl groups is 1. The Bertz CT molecular complexity index is 400. The second kappa shape index (κ2) is 5.19. The number of hydrogen-bond donors (Lipinski definition) is 2. The number of aryl methyl sites for hydroxylation is 1. The number of ether oxygens (including phenoxy) is 1. The highest BCUT2D eigenvalue weighted by molar-refractivity contribution is 5.42. The van der Waals surface area contributed by atoms with Gasteiger partial charge in [-0.15, -0.1) is 0 Å². The zero-order valence-electron chi connectivity index (χ0n) is 12.1. The molecular weight excluding hydrogens is 226 g/mol. The van der Waals surface area contributed by atoms with Gasteiger partial charge in [0.2, 0.25) is 0 Å². The summed E-state index contributed by atoms with van der Waals surface area (Å²) in [6.07, 6.45) is 1.77. The molecule has 1 aromatic carbocycles. The fraction of sp³-hybridized carbons (Fsp3) is 0.600. The maximum Gasteiger partial charge on any atom is 0.161 e. The lowest BCUT2D eigenvalue weighted by atomic mass is 9.96. The van der Waals surface area contributed by atoms with E-state index in [4.69, 9.17) is 10.5 Å². The van der Waals surface area contributed by atoms with Crippen LogP contribution in [-0.2, 0) is 6.42 Å². The first kappa shape index (κ1) is 14.8. The van der Waals surface area contributed by atoms with Crippen LogP contribution in [0.25, 0.3) is 0 Å². The van der Waals surface area contributed by atoms with Crippen LogP contribution in [0, 0.1) is 0 Å². The van der Waals surface area contributed by atoms with Crippen molar-refractivity contribution in [1.29, 1.82) is 0 Å². The number of hydrogen-bond acceptors (Lipinski definition) is 3. The van der Waals surface area contributed by atoms with Gasteiger partial charge >= 0.3 is 0 Å². The minimum atomic E-state index is -0.316. The van der Waals surface area contributed by atoms with Gasteiger partial charge in [0.05, 0.1) is 0 Å². The Balaban J connectivity index is 2.81. The molecule has 18 heavy (non-hydrogen) atoms. The first-order valence-corrected chi connectivity index (χ1v) is 6.37. The molecule has 0 fully saturated rings. The van der Waals surface area contributed by atoms with E-state index >= 15 is 0 Å². The van der Waals surface area contributed by atoms with Crippen LogP contribution in [0.5, 0.6) is 11.5 Å². The molecule has 3 N–H and O–H groups in total. The lowest BCUT2D eigenvalue weighted by molar-refractivity contribution is 0.125. The van der Waals surface area contributed by atoms with Gasteiger partial charge in [0.25, 0.3) is 0 Å². The standard InChI is InChI=1S/C15H25NO2/c1-14(2,3)18-13-10-11(6-7-12(13)17)8-9-15(4,5)16/h6-7,10,17H,8-9,16H2,1-5H3. The van der Waals surface area contributed by atoms with E-state index in [1.807, 2.05) is 46.8 Å². The molecule has 0 unspecified atom stereocenters. The molecule has 0 bridgehead atoms. The molecule has 0 amide bonds. The van der Waals surface area contributed by atoms with E-state index in [0.29, 0.717) is 5.75 Å². The SMILES string of the molecule is CC(C)(N)CCc1ccc(O)c(OC(C)(C)C)c1. The number of phenols is 1. The van der Waals surface area contributed by atoms with E-state index in [1.165, 1.54) is 0 Å². The Kier molecular flexibility index (Phi) is 4.28. The highest BCUT2D eigenvalue weighted by Crippen LogP contribution is 2.30. The first-order valence-electron chi connectivity index (χ1n) is 6.37. The summed E-state index contributed by atoms with van der Waals surface area (Å²) in [4.78, 5) is 0. The predicted molar refractivity (Wildman–Crippen MR) is 75.1 cm³/mol. The van der Waals surface area contributed by atoms with Crippen LogP contribution < -0.4 is 10.5 Å². The molecule has 0 saturated carbocycles. The summed E-state index contributed by atoms with van der Waals surface area (Å²) in [6, 6.07) is 5.49. The van der Waals surface area contributed by atoms with Crippen LogP contribution in [-0.4, -0.2) is 16.2 Å². The van der Waals surface area contributed by atoms with Crippen LogP contribution in [0.15, 0.2) is 18.2 Å². The third kappa shape index (κ3) is 5.41. The smallest absolute Gasteiger partial charge is 0.161 e. The van der Waals surface area contributed by atoms with E-state index in [2.05, 4.69) is 0 Å². The number of rotatable bonds is 4. The third-order valence-electron chi connectivity index (χ3n) is 2.50. The van der Waals surface area contributed by atoms with Gasteiger partial charge in [-0.25, -0.2) is 0 Å². The third-order valence-corrected chi connectivity index (χ3v) is 2.50. The van der Waals surface area contributed by atoms with E-state index in [9.17, 15) is 5.11 Å². The summed E-state index contributed by atoms with van der Waals surface area (Å²) in [7, 11) is 0. The zero-order valence-corrected chi connectivity index (χ0v) is 12.1. The molecule has 102 valence electrons. The van der Waals surface area contributed by atoms with Gasteiger partial charge in [-0.1, -0.05) is 6.07 Å². The molecule has 0 aliphatic heterocycles. The second-order valence-corrected chi connectivity index (χ2v) is 6.51. The maximum atomic E-state index is 9.78. The van der Waals surface area contributed by atoms with Crippen molar-refractivity contribution in [3.05, 3.63) is 23.8 Å². The van der Waals surface area contributed by atoms with Crippen LogP contribution in [0.1, 0.15) is 46.6 Å². The fourth-order valence-electron chi connectivity index (χ4n) is 1.59. The Morgan fingerprint density at radius 1 is 1.17 bits per heavy atom. The normalized spacial score (nSPS) is 12.6.